The summed E-state index contributed by atoms with van der Waals surface area (Å²) < 4.78 is 17.8. The summed E-state index contributed by atoms with van der Waals surface area (Å²) in [6, 6.07) is 6.61. The Morgan fingerprint density at radius 3 is 2.68 bits per heavy atom. The van der Waals surface area contributed by atoms with Crippen molar-refractivity contribution in [2.45, 2.75) is 27.0 Å². The maximum absolute atomic E-state index is 12.8. The number of carbonyl (C=O) groups is 3. The van der Waals surface area contributed by atoms with Crippen molar-refractivity contribution < 1.29 is 28.6 Å². The smallest absolute Gasteiger partial charge is 0.348 e. The fourth-order valence-electron chi connectivity index (χ4n) is 2.85. The molecule has 0 saturated carbocycles. The molecule has 0 saturated heterocycles. The van der Waals surface area contributed by atoms with Gasteiger partial charge < -0.3 is 19.5 Å². The largest absolute Gasteiger partial charge is 0.470 e. The number of ether oxygens (including phenoxy) is 3. The van der Waals surface area contributed by atoms with Gasteiger partial charge in [-0.2, -0.15) is 5.10 Å². The number of hydrogen-bond donors (Lipinski definition) is 1. The summed E-state index contributed by atoms with van der Waals surface area (Å²) >= 11 is 10.2. The Hall–Kier alpha value is -2.89. The molecule has 2 heterocycles. The molecule has 0 atom stereocenters. The second kappa shape index (κ2) is 11.5. The zero-order chi connectivity index (χ0) is 24.8. The average molecular weight is 571 g/mol. The van der Waals surface area contributed by atoms with E-state index in [4.69, 9.17) is 25.8 Å². The second-order valence-corrected chi connectivity index (χ2v) is 9.24. The van der Waals surface area contributed by atoms with Gasteiger partial charge in [0.2, 0.25) is 0 Å². The van der Waals surface area contributed by atoms with E-state index in [1.54, 1.807) is 31.3 Å². The molecule has 0 radical (unpaired) electrons. The van der Waals surface area contributed by atoms with Crippen LogP contribution >= 0.6 is 38.9 Å². The molecule has 1 amide bonds. The highest BCUT2D eigenvalue weighted by molar-refractivity contribution is 9.10. The van der Waals surface area contributed by atoms with Crippen molar-refractivity contribution in [1.29, 1.82) is 0 Å². The normalized spacial score (nSPS) is 10.6. The molecule has 0 bridgehead atoms. The Morgan fingerprint density at radius 1 is 1.24 bits per heavy atom. The predicted molar refractivity (Wildman–Crippen MR) is 131 cm³/mol. The predicted octanol–water partition coefficient (Wildman–Crippen LogP) is 5.31. The SMILES string of the molecule is CCCOC(=O)c1c(NC(=O)c2ccn(COc3ccc(Cl)cc3Br)n2)sc(C(=O)OC)c1C. The highest BCUT2D eigenvalue weighted by Gasteiger charge is 2.27. The Morgan fingerprint density at radius 2 is 2.00 bits per heavy atom. The maximum atomic E-state index is 12.8. The monoisotopic (exact) mass is 569 g/mol. The van der Waals surface area contributed by atoms with Gasteiger partial charge in [0.25, 0.3) is 5.91 Å². The molecule has 0 unspecified atom stereocenters. The van der Waals surface area contributed by atoms with Gasteiger partial charge in [0.15, 0.2) is 12.4 Å². The van der Waals surface area contributed by atoms with Crippen LogP contribution in [0.4, 0.5) is 5.00 Å². The van der Waals surface area contributed by atoms with E-state index in [0.29, 0.717) is 27.2 Å². The number of benzene rings is 1. The second-order valence-electron chi connectivity index (χ2n) is 6.93. The number of aromatic nitrogens is 2. The third-order valence-corrected chi connectivity index (χ3v) is 6.55. The number of nitrogens with zero attached hydrogens (tertiary/aromatic N) is 2. The molecule has 1 N–H and O–H groups in total. The fraction of sp³-hybridized carbons (Fsp3) is 0.273. The summed E-state index contributed by atoms with van der Waals surface area (Å²) in [5, 5.41) is 7.61. The molecule has 1 aromatic carbocycles. The Kier molecular flexibility index (Phi) is 8.70. The molecule has 34 heavy (non-hydrogen) atoms. The number of amides is 1. The van der Waals surface area contributed by atoms with Crippen LogP contribution in [0.2, 0.25) is 5.02 Å². The van der Waals surface area contributed by atoms with Crippen LogP contribution in [-0.4, -0.2) is 41.3 Å². The van der Waals surface area contributed by atoms with Gasteiger partial charge >= 0.3 is 11.9 Å². The number of esters is 2. The van der Waals surface area contributed by atoms with Crippen LogP contribution in [0.25, 0.3) is 0 Å². The number of hydrogen-bond acceptors (Lipinski definition) is 8. The Balaban J connectivity index is 1.76. The van der Waals surface area contributed by atoms with Crippen LogP contribution in [0.3, 0.4) is 0 Å². The van der Waals surface area contributed by atoms with Crippen molar-refractivity contribution in [1.82, 2.24) is 9.78 Å². The molecule has 0 aliphatic rings. The Bertz CT molecular complexity index is 1230. The molecule has 0 fully saturated rings. The number of nitrogens with one attached hydrogen (secondary N) is 1. The molecule has 0 spiro atoms. The third kappa shape index (κ3) is 5.96. The van der Waals surface area contributed by atoms with E-state index < -0.39 is 17.8 Å². The number of anilines is 1. The fourth-order valence-corrected chi connectivity index (χ4v) is 4.76. The number of carbonyl (C=O) groups excluding carboxylic acids is 3. The van der Waals surface area contributed by atoms with Crippen molar-refractivity contribution in [3.8, 4) is 5.75 Å². The van der Waals surface area contributed by atoms with Crippen LogP contribution in [-0.2, 0) is 16.2 Å². The first-order chi connectivity index (χ1) is 16.2. The summed E-state index contributed by atoms with van der Waals surface area (Å²) in [7, 11) is 1.24. The van der Waals surface area contributed by atoms with E-state index in [1.807, 2.05) is 6.92 Å². The van der Waals surface area contributed by atoms with Crippen molar-refractivity contribution in [2.24, 2.45) is 0 Å². The van der Waals surface area contributed by atoms with Crippen molar-refractivity contribution in [3.63, 3.8) is 0 Å². The van der Waals surface area contributed by atoms with E-state index in [2.05, 4.69) is 26.3 Å². The van der Waals surface area contributed by atoms with E-state index in [-0.39, 0.29) is 34.5 Å². The minimum Gasteiger partial charge on any atom is -0.470 e. The lowest BCUT2D eigenvalue weighted by Crippen LogP contribution is -2.16. The van der Waals surface area contributed by atoms with Crippen molar-refractivity contribution in [3.05, 3.63) is 61.7 Å². The molecular formula is C22H21BrClN3O6S. The molecule has 180 valence electrons. The van der Waals surface area contributed by atoms with Gasteiger partial charge in [0.1, 0.15) is 15.6 Å². The molecule has 2 aromatic heterocycles. The van der Waals surface area contributed by atoms with Crippen LogP contribution in [0.1, 0.15) is 49.4 Å². The minimum atomic E-state index is -0.631. The van der Waals surface area contributed by atoms with E-state index in [1.165, 1.54) is 17.9 Å². The number of methoxy groups -OCH3 is 1. The number of thiophene rings is 1. The van der Waals surface area contributed by atoms with Crippen molar-refractivity contribution >= 4 is 61.7 Å². The quantitative estimate of drug-likeness (QED) is 0.347. The van der Waals surface area contributed by atoms with E-state index in [9.17, 15) is 14.4 Å². The molecule has 9 nitrogen and oxygen atoms in total. The van der Waals surface area contributed by atoms with Crippen LogP contribution in [0.5, 0.6) is 5.75 Å². The molecule has 3 rings (SSSR count). The highest BCUT2D eigenvalue weighted by Crippen LogP contribution is 2.34. The van der Waals surface area contributed by atoms with Gasteiger partial charge in [-0.1, -0.05) is 18.5 Å². The lowest BCUT2D eigenvalue weighted by Gasteiger charge is -2.08. The molecular weight excluding hydrogens is 550 g/mol. The van der Waals surface area contributed by atoms with Crippen LogP contribution in [0.15, 0.2) is 34.9 Å². The molecule has 12 heteroatoms. The number of halogens is 2. The first-order valence-electron chi connectivity index (χ1n) is 10.1. The van der Waals surface area contributed by atoms with Gasteiger partial charge in [-0.05, 0) is 59.1 Å². The van der Waals surface area contributed by atoms with Gasteiger partial charge in [-0.15, -0.1) is 11.3 Å². The maximum Gasteiger partial charge on any atom is 0.348 e. The van der Waals surface area contributed by atoms with Crippen molar-refractivity contribution in [2.75, 3.05) is 19.0 Å². The standard InChI is InChI=1S/C22H21BrClN3O6S/c1-4-9-32-21(29)17-12(2)18(22(30)31-3)34-20(17)25-19(28)15-7-8-27(26-15)11-33-16-6-5-13(24)10-14(16)23/h5-8,10H,4,9,11H2,1-3H3,(H,25,28). The van der Waals surface area contributed by atoms with Gasteiger partial charge in [-0.25, -0.2) is 14.3 Å². The highest BCUT2D eigenvalue weighted by atomic mass is 79.9. The number of rotatable bonds is 9. The summed E-state index contributed by atoms with van der Waals surface area (Å²) in [4.78, 5) is 37.7. The summed E-state index contributed by atoms with van der Waals surface area (Å²) in [5.41, 5.74) is 0.584. The average Bonchev–Trinajstić information content (AvgIpc) is 3.41. The van der Waals surface area contributed by atoms with Crippen LogP contribution < -0.4 is 10.1 Å². The third-order valence-electron chi connectivity index (χ3n) is 4.51. The minimum absolute atomic E-state index is 0.0483. The zero-order valence-electron chi connectivity index (χ0n) is 18.5. The summed E-state index contributed by atoms with van der Waals surface area (Å²) in [6.07, 6.45) is 2.21. The van der Waals surface area contributed by atoms with E-state index in [0.717, 1.165) is 11.3 Å². The first-order valence-corrected chi connectivity index (χ1v) is 12.0. The molecule has 0 aliphatic heterocycles. The van der Waals surface area contributed by atoms with Gasteiger partial charge in [0, 0.05) is 11.2 Å². The topological polar surface area (TPSA) is 109 Å². The first kappa shape index (κ1) is 25.7. The zero-order valence-corrected chi connectivity index (χ0v) is 21.7. The van der Waals surface area contributed by atoms with E-state index >= 15 is 0 Å². The molecule has 0 aliphatic carbocycles. The lowest BCUT2D eigenvalue weighted by molar-refractivity contribution is 0.0506. The Labute approximate surface area is 213 Å². The summed E-state index contributed by atoms with van der Waals surface area (Å²) in [6.45, 7) is 3.72. The van der Waals surface area contributed by atoms with Gasteiger partial charge in [-0.3, -0.25) is 4.79 Å². The molecule has 3 aromatic rings. The summed E-state index contributed by atoms with van der Waals surface area (Å²) in [5.74, 6) is -1.24. The van der Waals surface area contributed by atoms with Crippen LogP contribution in [0, 0.1) is 6.92 Å². The lowest BCUT2D eigenvalue weighted by atomic mass is 10.1. The van der Waals surface area contributed by atoms with Gasteiger partial charge in [0.05, 0.1) is 23.8 Å².